The van der Waals surface area contributed by atoms with E-state index in [1.54, 1.807) is 24.3 Å². The van der Waals surface area contributed by atoms with E-state index >= 15 is 0 Å². The van der Waals surface area contributed by atoms with Crippen LogP contribution in [0, 0.1) is 5.41 Å². The molecule has 2 N–H and O–H groups in total. The van der Waals surface area contributed by atoms with Gasteiger partial charge in [0.15, 0.2) is 6.04 Å². The summed E-state index contributed by atoms with van der Waals surface area (Å²) in [5.41, 5.74) is -0.433. The highest BCUT2D eigenvalue weighted by Gasteiger charge is 2.54. The van der Waals surface area contributed by atoms with Crippen LogP contribution in [0.2, 0.25) is 5.02 Å². The van der Waals surface area contributed by atoms with E-state index in [0.717, 1.165) is 12.8 Å². The number of imide groups is 1. The molecule has 2 aliphatic rings. The molecule has 0 bridgehead atoms. The first-order valence-corrected chi connectivity index (χ1v) is 13.0. The number of benzene rings is 1. The van der Waals surface area contributed by atoms with Crippen LogP contribution in [0.5, 0.6) is 0 Å². The Morgan fingerprint density at radius 2 is 1.86 bits per heavy atom. The number of hydrogen-bond acceptors (Lipinski definition) is 6. The fourth-order valence-corrected chi connectivity index (χ4v) is 4.80. The molecule has 2 aliphatic heterocycles. The van der Waals surface area contributed by atoms with Crippen molar-refractivity contribution in [2.45, 2.75) is 78.2 Å². The third kappa shape index (κ3) is 6.25. The molecule has 4 amide bonds. The van der Waals surface area contributed by atoms with Gasteiger partial charge < -0.3 is 14.8 Å². The number of amides is 4. The molecule has 10 heteroatoms. The lowest BCUT2D eigenvalue weighted by Gasteiger charge is -2.37. The van der Waals surface area contributed by atoms with E-state index in [-0.39, 0.29) is 17.0 Å². The molecule has 0 aromatic heterocycles. The summed E-state index contributed by atoms with van der Waals surface area (Å²) in [4.78, 5) is 52.7. The van der Waals surface area contributed by atoms with Crippen LogP contribution in [0.3, 0.4) is 0 Å². The van der Waals surface area contributed by atoms with Crippen molar-refractivity contribution in [2.75, 3.05) is 19.7 Å². The first kappa shape index (κ1) is 28.1. The minimum atomic E-state index is -0.965. The number of ether oxygens (including phenoxy) is 2. The first-order valence-electron chi connectivity index (χ1n) is 12.6. The van der Waals surface area contributed by atoms with Crippen molar-refractivity contribution in [3.63, 3.8) is 0 Å². The Kier molecular flexibility index (Phi) is 9.13. The van der Waals surface area contributed by atoms with Gasteiger partial charge in [0, 0.05) is 19.4 Å². The molecule has 0 radical (unpaired) electrons. The second kappa shape index (κ2) is 11.7. The summed E-state index contributed by atoms with van der Waals surface area (Å²) in [5, 5.41) is 5.87. The van der Waals surface area contributed by atoms with Gasteiger partial charge in [-0.25, -0.2) is 9.59 Å². The quantitative estimate of drug-likeness (QED) is 0.305. The Bertz CT molecular complexity index is 986. The highest BCUT2D eigenvalue weighted by molar-refractivity contribution is 6.33. The van der Waals surface area contributed by atoms with Gasteiger partial charge in [-0.3, -0.25) is 14.9 Å². The molecule has 0 spiro atoms. The van der Waals surface area contributed by atoms with E-state index in [1.807, 2.05) is 27.7 Å². The van der Waals surface area contributed by atoms with E-state index in [2.05, 4.69) is 10.6 Å². The number of rotatable bonds is 8. The number of esters is 1. The minimum absolute atomic E-state index is 0.0428. The van der Waals surface area contributed by atoms with Crippen LogP contribution in [-0.4, -0.2) is 66.4 Å². The zero-order chi connectivity index (χ0) is 26.5. The number of likely N-dealkylation sites (tertiary alicyclic amines) is 1. The standard InChI is InChI=1S/C26H36ClN3O6/c1-5-6-15-35-19-16-20(31)36-23(19)29-25(34)30(13-9-10-14-30)24(33)21(26(2,3)4)28-22(32)17-11-7-8-12-18(17)27/h7-8,11-12,19,21,23H,5-6,9-10,13-16H2,1-4H3,(H-,28,29,32,34)/p+1/t19-,21+,23+/m0/s1. The van der Waals surface area contributed by atoms with Gasteiger partial charge in [0.25, 0.3) is 5.91 Å². The number of urea groups is 1. The summed E-state index contributed by atoms with van der Waals surface area (Å²) in [6, 6.07) is 5.08. The predicted molar refractivity (Wildman–Crippen MR) is 134 cm³/mol. The molecule has 2 saturated heterocycles. The molecule has 3 rings (SSSR count). The van der Waals surface area contributed by atoms with E-state index in [9.17, 15) is 19.2 Å². The fraction of sp³-hybridized carbons (Fsp3) is 0.615. The van der Waals surface area contributed by atoms with E-state index in [4.69, 9.17) is 21.1 Å². The van der Waals surface area contributed by atoms with Gasteiger partial charge in [0.1, 0.15) is 6.10 Å². The number of carbonyl (C=O) groups is 4. The van der Waals surface area contributed by atoms with E-state index in [1.165, 1.54) is 0 Å². The van der Waals surface area contributed by atoms with Crippen molar-refractivity contribution >= 4 is 35.4 Å². The Labute approximate surface area is 217 Å². The van der Waals surface area contributed by atoms with Crippen LogP contribution in [0.25, 0.3) is 0 Å². The second-order valence-electron chi connectivity index (χ2n) is 10.5. The number of cyclic esters (lactones) is 1. The molecule has 2 fully saturated rings. The summed E-state index contributed by atoms with van der Waals surface area (Å²) in [5.74, 6) is -1.35. The molecule has 1 aromatic carbocycles. The normalized spacial score (nSPS) is 22.1. The van der Waals surface area contributed by atoms with Gasteiger partial charge in [-0.1, -0.05) is 57.8 Å². The lowest BCUT2D eigenvalue weighted by molar-refractivity contribution is -0.761. The van der Waals surface area contributed by atoms with Crippen LogP contribution in [0.15, 0.2) is 24.3 Å². The monoisotopic (exact) mass is 522 g/mol. The Balaban J connectivity index is 1.82. The number of carbonyl (C=O) groups excluding carboxylic acids is 4. The molecule has 36 heavy (non-hydrogen) atoms. The molecular weight excluding hydrogens is 486 g/mol. The summed E-state index contributed by atoms with van der Waals surface area (Å²) >= 11 is 6.20. The largest absolute Gasteiger partial charge is 0.439 e. The van der Waals surface area contributed by atoms with Gasteiger partial charge in [-0.05, 0) is 24.0 Å². The van der Waals surface area contributed by atoms with E-state index in [0.29, 0.717) is 32.5 Å². The smallest absolute Gasteiger partial charge is 0.427 e. The number of quaternary nitrogens is 1. The fourth-order valence-electron chi connectivity index (χ4n) is 4.58. The third-order valence-corrected chi connectivity index (χ3v) is 7.04. The maximum atomic E-state index is 14.1. The topological polar surface area (TPSA) is 111 Å². The Hall–Kier alpha value is -2.49. The molecule has 1 aromatic rings. The summed E-state index contributed by atoms with van der Waals surface area (Å²) < 4.78 is 10.6. The highest BCUT2D eigenvalue weighted by Crippen LogP contribution is 2.30. The Morgan fingerprint density at radius 1 is 1.19 bits per heavy atom. The summed E-state index contributed by atoms with van der Waals surface area (Å²) in [6.45, 7) is 8.57. The van der Waals surface area contributed by atoms with Gasteiger partial charge in [-0.2, -0.15) is 4.48 Å². The van der Waals surface area contributed by atoms with Crippen molar-refractivity contribution in [2.24, 2.45) is 5.41 Å². The third-order valence-electron chi connectivity index (χ3n) is 6.71. The van der Waals surface area contributed by atoms with Crippen LogP contribution >= 0.6 is 11.6 Å². The zero-order valence-corrected chi connectivity index (χ0v) is 22.2. The van der Waals surface area contributed by atoms with Crippen molar-refractivity contribution in [3.8, 4) is 0 Å². The second-order valence-corrected chi connectivity index (χ2v) is 10.9. The first-order chi connectivity index (χ1) is 17.0. The molecule has 0 saturated carbocycles. The minimum Gasteiger partial charge on any atom is -0.439 e. The van der Waals surface area contributed by atoms with E-state index < -0.39 is 52.1 Å². The summed E-state index contributed by atoms with van der Waals surface area (Å²) in [6.07, 6.45) is 1.58. The molecule has 198 valence electrons. The molecule has 9 nitrogen and oxygen atoms in total. The van der Waals surface area contributed by atoms with Gasteiger partial charge in [0.05, 0.1) is 30.1 Å². The van der Waals surface area contributed by atoms with Crippen LogP contribution in [-0.2, 0) is 19.1 Å². The number of unbranched alkanes of at least 4 members (excludes halogenated alkanes) is 1. The number of hydrogen-bond donors (Lipinski definition) is 2. The zero-order valence-electron chi connectivity index (χ0n) is 21.5. The van der Waals surface area contributed by atoms with Crippen LogP contribution < -0.4 is 10.6 Å². The lowest BCUT2D eigenvalue weighted by atomic mass is 9.85. The van der Waals surface area contributed by atoms with Crippen molar-refractivity contribution < 1.29 is 33.1 Å². The SMILES string of the molecule is CCCCO[C@H]1CC(=O)O[C@H]1NC(=O)[N+]1(C(=O)[C@@H](NC(=O)c2ccccc2Cl)C(C)(C)C)CCCC1. The average molecular weight is 523 g/mol. The number of nitrogens with zero attached hydrogens (tertiary/aromatic N) is 1. The highest BCUT2D eigenvalue weighted by atomic mass is 35.5. The van der Waals surface area contributed by atoms with Gasteiger partial charge in [0.2, 0.25) is 6.23 Å². The number of halogens is 1. The molecule has 0 aliphatic carbocycles. The molecule has 0 unspecified atom stereocenters. The van der Waals surface area contributed by atoms with Crippen molar-refractivity contribution in [1.29, 1.82) is 0 Å². The van der Waals surface area contributed by atoms with Crippen molar-refractivity contribution in [3.05, 3.63) is 34.9 Å². The maximum Gasteiger partial charge on any atom is 0.427 e. The van der Waals surface area contributed by atoms with Crippen LogP contribution in [0.1, 0.15) is 70.2 Å². The lowest BCUT2D eigenvalue weighted by Crippen LogP contribution is -2.68. The number of nitrogens with one attached hydrogen (secondary N) is 2. The van der Waals surface area contributed by atoms with Gasteiger partial charge in [-0.15, -0.1) is 0 Å². The van der Waals surface area contributed by atoms with Gasteiger partial charge >= 0.3 is 17.9 Å². The summed E-state index contributed by atoms with van der Waals surface area (Å²) in [7, 11) is 0. The molecule has 2 heterocycles. The average Bonchev–Trinajstić information content (AvgIpc) is 3.44. The Morgan fingerprint density at radius 3 is 2.47 bits per heavy atom. The van der Waals surface area contributed by atoms with Crippen molar-refractivity contribution in [1.82, 2.24) is 10.6 Å². The molecular formula is C26H37ClN3O6+. The maximum absolute atomic E-state index is 14.1. The molecule has 3 atom stereocenters. The van der Waals surface area contributed by atoms with Crippen LogP contribution in [0.4, 0.5) is 4.79 Å². The predicted octanol–water partition coefficient (Wildman–Crippen LogP) is 3.79.